The third-order valence-corrected chi connectivity index (χ3v) is 7.41. The first-order valence-electron chi connectivity index (χ1n) is 9.89. The van der Waals surface area contributed by atoms with Gasteiger partial charge in [0.15, 0.2) is 0 Å². The smallest absolute Gasteiger partial charge is 0.246 e. The minimum Gasteiger partial charge on any atom is -0.495 e. The Morgan fingerprint density at radius 1 is 1.21 bits per heavy atom. The Balaban J connectivity index is 1.83. The Hall–Kier alpha value is -1.64. The van der Waals surface area contributed by atoms with Crippen LogP contribution in [-0.4, -0.2) is 70.0 Å². The predicted molar refractivity (Wildman–Crippen MR) is 106 cm³/mol. The van der Waals surface area contributed by atoms with Gasteiger partial charge in [0, 0.05) is 26.2 Å². The van der Waals surface area contributed by atoms with E-state index in [1.54, 1.807) is 17.0 Å². The maximum absolute atomic E-state index is 13.4. The fourth-order valence-corrected chi connectivity index (χ4v) is 5.51. The number of carbonyl (C=O) groups is 1. The van der Waals surface area contributed by atoms with Crippen molar-refractivity contribution in [2.75, 3.05) is 46.5 Å². The zero-order valence-electron chi connectivity index (χ0n) is 16.9. The van der Waals surface area contributed by atoms with E-state index >= 15 is 0 Å². The van der Waals surface area contributed by atoms with E-state index in [9.17, 15) is 13.2 Å². The predicted octanol–water partition coefficient (Wildman–Crippen LogP) is 2.08. The van der Waals surface area contributed by atoms with Crippen LogP contribution in [-0.2, 0) is 19.6 Å². The number of carbonyl (C=O) groups excluding carboxylic acids is 1. The van der Waals surface area contributed by atoms with Gasteiger partial charge in [0.1, 0.15) is 10.6 Å². The van der Waals surface area contributed by atoms with Gasteiger partial charge in [-0.25, -0.2) is 8.42 Å². The lowest BCUT2D eigenvalue weighted by Gasteiger charge is -2.35. The molecule has 1 aromatic carbocycles. The summed E-state index contributed by atoms with van der Waals surface area (Å²) in [6.07, 6.45) is 1.39. The number of hydrogen-bond acceptors (Lipinski definition) is 5. The minimum atomic E-state index is -3.75. The monoisotopic (exact) mass is 410 g/mol. The van der Waals surface area contributed by atoms with Gasteiger partial charge >= 0.3 is 0 Å². The van der Waals surface area contributed by atoms with Crippen molar-refractivity contribution in [3.8, 4) is 5.75 Å². The highest BCUT2D eigenvalue weighted by Crippen LogP contribution is 2.32. The number of hydrogen-bond donors (Lipinski definition) is 0. The molecule has 8 heteroatoms. The van der Waals surface area contributed by atoms with Gasteiger partial charge < -0.3 is 14.4 Å². The molecule has 0 spiro atoms. The van der Waals surface area contributed by atoms with Crippen LogP contribution in [0.1, 0.15) is 38.2 Å². The van der Waals surface area contributed by atoms with Crippen LogP contribution >= 0.6 is 0 Å². The molecule has 156 valence electrons. The van der Waals surface area contributed by atoms with Crippen molar-refractivity contribution >= 4 is 15.9 Å². The topological polar surface area (TPSA) is 76.2 Å². The van der Waals surface area contributed by atoms with Crippen LogP contribution in [0.15, 0.2) is 23.1 Å². The molecule has 0 unspecified atom stereocenters. The lowest BCUT2D eigenvalue weighted by atomic mass is 9.98. The lowest BCUT2D eigenvalue weighted by Crippen LogP contribution is -2.49. The van der Waals surface area contributed by atoms with E-state index in [2.05, 4.69) is 0 Å². The van der Waals surface area contributed by atoms with Gasteiger partial charge in [0.2, 0.25) is 15.9 Å². The van der Waals surface area contributed by atoms with E-state index in [0.29, 0.717) is 51.4 Å². The average molecular weight is 411 g/mol. The number of morpholine rings is 1. The summed E-state index contributed by atoms with van der Waals surface area (Å²) in [7, 11) is -2.27. The Kier molecular flexibility index (Phi) is 6.62. The maximum atomic E-state index is 13.4. The molecule has 28 heavy (non-hydrogen) atoms. The second-order valence-corrected chi connectivity index (χ2v) is 9.61. The van der Waals surface area contributed by atoms with Gasteiger partial charge in [-0.15, -0.1) is 0 Å². The van der Waals surface area contributed by atoms with Crippen LogP contribution in [0.3, 0.4) is 0 Å². The SMILES string of the molecule is COc1ccc(C(C)C)cc1S(=O)(=O)N1CCC[C@H](C(=O)N2CCOCC2)C1. The van der Waals surface area contributed by atoms with Gasteiger partial charge in [-0.1, -0.05) is 19.9 Å². The fraction of sp³-hybridized carbons (Fsp3) is 0.650. The molecule has 1 atom stereocenters. The largest absolute Gasteiger partial charge is 0.495 e. The fourth-order valence-electron chi connectivity index (χ4n) is 3.80. The number of nitrogens with zero attached hydrogens (tertiary/aromatic N) is 2. The summed E-state index contributed by atoms with van der Waals surface area (Å²) in [4.78, 5) is 14.8. The van der Waals surface area contributed by atoms with E-state index < -0.39 is 10.0 Å². The molecule has 0 aliphatic carbocycles. The lowest BCUT2D eigenvalue weighted by molar-refractivity contribution is -0.140. The molecule has 2 saturated heterocycles. The zero-order valence-corrected chi connectivity index (χ0v) is 17.7. The molecule has 7 nitrogen and oxygen atoms in total. The summed E-state index contributed by atoms with van der Waals surface area (Å²) in [5.41, 5.74) is 0.942. The van der Waals surface area contributed by atoms with Crippen LogP contribution in [0.25, 0.3) is 0 Å². The molecule has 0 N–H and O–H groups in total. The van der Waals surface area contributed by atoms with Crippen molar-refractivity contribution in [1.29, 1.82) is 0 Å². The second kappa shape index (κ2) is 8.80. The molecular weight excluding hydrogens is 380 g/mol. The third-order valence-electron chi connectivity index (χ3n) is 5.53. The highest BCUT2D eigenvalue weighted by molar-refractivity contribution is 7.89. The molecule has 0 saturated carbocycles. The summed E-state index contributed by atoms with van der Waals surface area (Å²) >= 11 is 0. The van der Waals surface area contributed by atoms with Crippen LogP contribution in [0.4, 0.5) is 0 Å². The number of sulfonamides is 1. The van der Waals surface area contributed by atoms with Gasteiger partial charge in [0.25, 0.3) is 0 Å². The van der Waals surface area contributed by atoms with Crippen LogP contribution < -0.4 is 4.74 Å². The molecule has 1 aromatic rings. The van der Waals surface area contributed by atoms with Gasteiger partial charge in [-0.2, -0.15) is 4.31 Å². The van der Waals surface area contributed by atoms with Crippen molar-refractivity contribution in [1.82, 2.24) is 9.21 Å². The molecule has 3 rings (SSSR count). The quantitative estimate of drug-likeness (QED) is 0.743. The highest BCUT2D eigenvalue weighted by atomic mass is 32.2. The number of amides is 1. The summed E-state index contributed by atoms with van der Waals surface area (Å²) in [5.74, 6) is 0.273. The van der Waals surface area contributed by atoms with Crippen molar-refractivity contribution < 1.29 is 22.7 Å². The van der Waals surface area contributed by atoms with Gasteiger partial charge in [-0.05, 0) is 36.5 Å². The molecule has 2 aliphatic rings. The molecule has 0 radical (unpaired) electrons. The summed E-state index contributed by atoms with van der Waals surface area (Å²) in [5, 5.41) is 0. The Labute approximate surface area is 167 Å². The molecule has 2 aliphatic heterocycles. The highest BCUT2D eigenvalue weighted by Gasteiger charge is 2.36. The summed E-state index contributed by atoms with van der Waals surface area (Å²) < 4.78 is 38.9. The minimum absolute atomic E-state index is 0.0334. The Bertz CT molecular complexity index is 803. The van der Waals surface area contributed by atoms with E-state index in [4.69, 9.17) is 9.47 Å². The van der Waals surface area contributed by atoms with Gasteiger partial charge in [-0.3, -0.25) is 4.79 Å². The normalized spacial score (nSPS) is 21.7. The molecule has 1 amide bonds. The average Bonchev–Trinajstić information content (AvgIpc) is 2.73. The van der Waals surface area contributed by atoms with E-state index in [-0.39, 0.29) is 29.2 Å². The van der Waals surface area contributed by atoms with Crippen LogP contribution in [0.5, 0.6) is 5.75 Å². The number of ether oxygens (including phenoxy) is 2. The standard InChI is InChI=1S/C20H30N2O5S/c1-15(2)16-6-7-18(26-3)19(13-16)28(24,25)22-8-4-5-17(14-22)20(23)21-9-11-27-12-10-21/h6-7,13,15,17H,4-5,8-12,14H2,1-3H3/t17-/m0/s1. The first-order valence-corrected chi connectivity index (χ1v) is 11.3. The number of rotatable bonds is 5. The number of benzene rings is 1. The first-order chi connectivity index (χ1) is 13.3. The van der Waals surface area contributed by atoms with E-state index in [1.807, 2.05) is 19.9 Å². The summed E-state index contributed by atoms with van der Waals surface area (Å²) in [6.45, 7) is 6.92. The van der Waals surface area contributed by atoms with E-state index in [1.165, 1.54) is 11.4 Å². The molecule has 2 fully saturated rings. The van der Waals surface area contributed by atoms with Gasteiger partial charge in [0.05, 0.1) is 26.2 Å². The van der Waals surface area contributed by atoms with Crippen molar-refractivity contribution in [2.45, 2.75) is 37.5 Å². The molecule has 0 bridgehead atoms. The van der Waals surface area contributed by atoms with E-state index in [0.717, 1.165) is 5.56 Å². The molecular formula is C20H30N2O5S. The Morgan fingerprint density at radius 3 is 2.57 bits per heavy atom. The number of piperidine rings is 1. The van der Waals surface area contributed by atoms with Crippen molar-refractivity contribution in [3.63, 3.8) is 0 Å². The maximum Gasteiger partial charge on any atom is 0.246 e. The zero-order chi connectivity index (χ0) is 20.3. The molecule has 0 aromatic heterocycles. The van der Waals surface area contributed by atoms with Crippen LogP contribution in [0, 0.1) is 5.92 Å². The second-order valence-electron chi connectivity index (χ2n) is 7.70. The Morgan fingerprint density at radius 2 is 1.93 bits per heavy atom. The summed E-state index contributed by atoms with van der Waals surface area (Å²) in [6, 6.07) is 5.30. The van der Waals surface area contributed by atoms with Crippen molar-refractivity contribution in [3.05, 3.63) is 23.8 Å². The first kappa shape index (κ1) is 21.1. The van der Waals surface area contributed by atoms with Crippen molar-refractivity contribution in [2.24, 2.45) is 5.92 Å². The third kappa shape index (κ3) is 4.34. The van der Waals surface area contributed by atoms with Crippen LogP contribution in [0.2, 0.25) is 0 Å². The number of methoxy groups -OCH3 is 1. The molecule has 2 heterocycles.